The minimum atomic E-state index is -0.478. The van der Waals surface area contributed by atoms with Crippen molar-refractivity contribution in [1.82, 2.24) is 9.88 Å². The lowest BCUT2D eigenvalue weighted by Gasteiger charge is -2.26. The van der Waals surface area contributed by atoms with Gasteiger partial charge in [-0.15, -0.1) is 0 Å². The molecule has 7 heteroatoms. The molecule has 172 valence electrons. The molecule has 1 fully saturated rings. The minimum Gasteiger partial charge on any atom is -0.463 e. The molecule has 1 aromatic rings. The van der Waals surface area contributed by atoms with E-state index in [4.69, 9.17) is 4.74 Å². The second kappa shape index (κ2) is 12.3. The van der Waals surface area contributed by atoms with E-state index in [1.165, 1.54) is 32.1 Å². The zero-order valence-electron chi connectivity index (χ0n) is 18.7. The smallest absolute Gasteiger partial charge is 0.325 e. The molecule has 0 aliphatic heterocycles. The summed E-state index contributed by atoms with van der Waals surface area (Å²) in [6, 6.07) is 1.79. The second-order valence-electron chi connectivity index (χ2n) is 8.76. The minimum absolute atomic E-state index is 0.159. The molecule has 0 aromatic carbocycles. The Hall–Kier alpha value is -1.76. The van der Waals surface area contributed by atoms with Gasteiger partial charge in [-0.2, -0.15) is 11.8 Å². The van der Waals surface area contributed by atoms with Crippen molar-refractivity contribution in [2.45, 2.75) is 77.2 Å². The van der Waals surface area contributed by atoms with E-state index in [-0.39, 0.29) is 17.7 Å². The number of pyridine rings is 1. The summed E-state index contributed by atoms with van der Waals surface area (Å²) in [6.45, 7) is 0.814. The number of carbonyl (C=O) groups is 2. The maximum atomic E-state index is 13.4. The number of hydrogen-bond donors (Lipinski definition) is 1. The van der Waals surface area contributed by atoms with Crippen molar-refractivity contribution in [3.8, 4) is 0 Å². The highest BCUT2D eigenvalue weighted by Gasteiger charge is 2.23. The van der Waals surface area contributed by atoms with Gasteiger partial charge in [0.15, 0.2) is 0 Å². The van der Waals surface area contributed by atoms with Gasteiger partial charge in [-0.25, -0.2) is 0 Å². The first-order valence-corrected chi connectivity index (χ1v) is 13.2. The third-order valence-electron chi connectivity index (χ3n) is 6.45. The van der Waals surface area contributed by atoms with E-state index < -0.39 is 11.9 Å². The van der Waals surface area contributed by atoms with Gasteiger partial charge in [-0.3, -0.25) is 14.4 Å². The molecule has 1 N–H and O–H groups in total. The number of fused-ring (bicyclic) bond motifs is 1. The molecular formula is C24H36N2O4S. The Morgan fingerprint density at radius 2 is 1.81 bits per heavy atom. The fourth-order valence-corrected chi connectivity index (χ4v) is 5.01. The quantitative estimate of drug-likeness (QED) is 0.484. The summed E-state index contributed by atoms with van der Waals surface area (Å²) in [5.74, 6) is 0.270. The molecule has 0 radical (unpaired) electrons. The van der Waals surface area contributed by atoms with Crippen LogP contribution in [0, 0.1) is 5.92 Å². The van der Waals surface area contributed by atoms with Crippen LogP contribution in [0.15, 0.2) is 10.9 Å². The van der Waals surface area contributed by atoms with Crippen molar-refractivity contribution < 1.29 is 14.3 Å². The van der Waals surface area contributed by atoms with Crippen LogP contribution in [-0.2, 0) is 28.9 Å². The SMILES string of the molecule is CSCCOC(=O)CNC(=O)c1cc2c(n(CC3CCCCC3)c1=O)CCCCCC2. The van der Waals surface area contributed by atoms with E-state index in [0.717, 1.165) is 55.5 Å². The molecule has 1 heterocycles. The van der Waals surface area contributed by atoms with Crippen LogP contribution in [0.5, 0.6) is 0 Å². The summed E-state index contributed by atoms with van der Waals surface area (Å²) in [7, 11) is 0. The van der Waals surface area contributed by atoms with Gasteiger partial charge in [0.2, 0.25) is 0 Å². The Balaban J connectivity index is 1.81. The fraction of sp³-hybridized carbons (Fsp3) is 0.708. The van der Waals surface area contributed by atoms with E-state index in [9.17, 15) is 14.4 Å². The van der Waals surface area contributed by atoms with Crippen molar-refractivity contribution in [2.75, 3.05) is 25.2 Å². The van der Waals surface area contributed by atoms with E-state index in [1.807, 2.05) is 10.8 Å². The summed E-state index contributed by atoms with van der Waals surface area (Å²) in [4.78, 5) is 38.1. The van der Waals surface area contributed by atoms with Gasteiger partial charge in [-0.05, 0) is 62.3 Å². The summed E-state index contributed by atoms with van der Waals surface area (Å²) >= 11 is 1.59. The largest absolute Gasteiger partial charge is 0.463 e. The lowest BCUT2D eigenvalue weighted by Crippen LogP contribution is -2.38. The Bertz CT molecular complexity index is 815. The van der Waals surface area contributed by atoms with Crippen molar-refractivity contribution >= 4 is 23.6 Å². The third-order valence-corrected chi connectivity index (χ3v) is 7.03. The van der Waals surface area contributed by atoms with Crippen LogP contribution in [0.4, 0.5) is 0 Å². The number of amides is 1. The van der Waals surface area contributed by atoms with E-state index in [2.05, 4.69) is 5.32 Å². The molecule has 1 aromatic heterocycles. The number of aromatic nitrogens is 1. The number of ether oxygens (including phenoxy) is 1. The number of thioether (sulfide) groups is 1. The molecule has 2 aliphatic carbocycles. The van der Waals surface area contributed by atoms with Crippen LogP contribution in [-0.4, -0.2) is 41.6 Å². The molecule has 0 unspecified atom stereocenters. The van der Waals surface area contributed by atoms with Crippen LogP contribution in [0.25, 0.3) is 0 Å². The average molecular weight is 449 g/mol. The van der Waals surface area contributed by atoms with Crippen molar-refractivity contribution in [3.63, 3.8) is 0 Å². The monoisotopic (exact) mass is 448 g/mol. The maximum Gasteiger partial charge on any atom is 0.325 e. The summed E-state index contributed by atoms with van der Waals surface area (Å²) in [5, 5.41) is 2.60. The highest BCUT2D eigenvalue weighted by atomic mass is 32.2. The van der Waals surface area contributed by atoms with Crippen LogP contribution in [0.3, 0.4) is 0 Å². The first-order valence-electron chi connectivity index (χ1n) is 11.8. The number of hydrogen-bond acceptors (Lipinski definition) is 5. The fourth-order valence-electron chi connectivity index (χ4n) is 4.76. The third kappa shape index (κ3) is 6.86. The average Bonchev–Trinajstić information content (AvgIpc) is 2.76. The van der Waals surface area contributed by atoms with Crippen molar-refractivity contribution in [3.05, 3.63) is 33.2 Å². The number of aryl methyl sites for hydroxylation is 1. The van der Waals surface area contributed by atoms with Gasteiger partial charge >= 0.3 is 5.97 Å². The second-order valence-corrected chi connectivity index (χ2v) is 9.75. The lowest BCUT2D eigenvalue weighted by atomic mass is 9.88. The predicted octanol–water partition coefficient (Wildman–Crippen LogP) is 3.72. The maximum absolute atomic E-state index is 13.4. The molecule has 3 rings (SSSR count). The Labute approximate surface area is 189 Å². The Morgan fingerprint density at radius 1 is 1.10 bits per heavy atom. The van der Waals surface area contributed by atoms with Gasteiger partial charge in [0, 0.05) is 18.0 Å². The molecule has 0 bridgehead atoms. The Kier molecular flexibility index (Phi) is 9.50. The molecule has 1 saturated carbocycles. The topological polar surface area (TPSA) is 77.4 Å². The zero-order valence-corrected chi connectivity index (χ0v) is 19.6. The Morgan fingerprint density at radius 3 is 2.55 bits per heavy atom. The molecule has 6 nitrogen and oxygen atoms in total. The standard InChI is InChI=1S/C24H36N2O4S/c1-31-14-13-30-22(27)16-25-23(28)20-15-19-11-7-2-3-8-12-21(19)26(24(20)29)17-18-9-5-4-6-10-18/h15,18H,2-14,16-17H2,1H3,(H,25,28). The molecule has 31 heavy (non-hydrogen) atoms. The van der Waals surface area contributed by atoms with Gasteiger partial charge < -0.3 is 14.6 Å². The number of esters is 1. The van der Waals surface area contributed by atoms with E-state index in [0.29, 0.717) is 19.1 Å². The zero-order chi connectivity index (χ0) is 22.1. The lowest BCUT2D eigenvalue weighted by molar-refractivity contribution is -0.141. The molecular weight excluding hydrogens is 412 g/mol. The predicted molar refractivity (Wildman–Crippen MR) is 125 cm³/mol. The molecule has 0 saturated heterocycles. The molecule has 0 spiro atoms. The van der Waals surface area contributed by atoms with Gasteiger partial charge in [0.05, 0.1) is 0 Å². The van der Waals surface area contributed by atoms with E-state index >= 15 is 0 Å². The first kappa shape index (κ1) is 23.9. The van der Waals surface area contributed by atoms with Gasteiger partial charge in [0.25, 0.3) is 11.5 Å². The summed E-state index contributed by atoms with van der Waals surface area (Å²) in [6.07, 6.45) is 14.3. The number of rotatable bonds is 8. The molecule has 2 aliphatic rings. The number of nitrogens with zero attached hydrogens (tertiary/aromatic N) is 1. The van der Waals surface area contributed by atoms with Crippen LogP contribution in [0.2, 0.25) is 0 Å². The van der Waals surface area contributed by atoms with Crippen LogP contribution >= 0.6 is 11.8 Å². The van der Waals surface area contributed by atoms with Crippen molar-refractivity contribution in [1.29, 1.82) is 0 Å². The van der Waals surface area contributed by atoms with E-state index in [1.54, 1.807) is 17.8 Å². The highest BCUT2D eigenvalue weighted by Crippen LogP contribution is 2.27. The summed E-state index contributed by atoms with van der Waals surface area (Å²) in [5.41, 5.74) is 2.20. The highest BCUT2D eigenvalue weighted by molar-refractivity contribution is 7.98. The molecule has 1 amide bonds. The number of carbonyl (C=O) groups excluding carboxylic acids is 2. The van der Waals surface area contributed by atoms with Crippen molar-refractivity contribution in [2.24, 2.45) is 5.92 Å². The van der Waals surface area contributed by atoms with Crippen LogP contribution < -0.4 is 10.9 Å². The van der Waals surface area contributed by atoms with Crippen LogP contribution in [0.1, 0.15) is 79.4 Å². The van der Waals surface area contributed by atoms with Gasteiger partial charge in [-0.1, -0.05) is 32.1 Å². The summed E-state index contributed by atoms with van der Waals surface area (Å²) < 4.78 is 6.99. The first-order chi connectivity index (χ1) is 15.1. The number of nitrogens with one attached hydrogen (secondary N) is 1. The molecule has 0 atom stereocenters. The van der Waals surface area contributed by atoms with Gasteiger partial charge in [0.1, 0.15) is 18.7 Å². The normalized spacial score (nSPS) is 17.3.